The average molecular weight is 404 g/mol. The molecule has 0 spiro atoms. The second kappa shape index (κ2) is 7.31. The fourth-order valence-electron chi connectivity index (χ4n) is 3.26. The molecule has 0 radical (unpaired) electrons. The molecular weight excluding hydrogens is 385 g/mol. The Hall–Kier alpha value is -2.80. The van der Waals surface area contributed by atoms with Gasteiger partial charge in [-0.25, -0.2) is 4.39 Å². The zero-order valence-corrected chi connectivity index (χ0v) is 16.5. The summed E-state index contributed by atoms with van der Waals surface area (Å²) < 4.78 is 14.6. The first-order chi connectivity index (χ1) is 13.2. The maximum Gasteiger partial charge on any atom is 0.271 e. The number of nitrogens with zero attached hydrogens (tertiary/aromatic N) is 3. The summed E-state index contributed by atoms with van der Waals surface area (Å²) in [6.07, 6.45) is 0.642. The number of benzene rings is 2. The van der Waals surface area contributed by atoms with Gasteiger partial charge < -0.3 is 4.90 Å². The van der Waals surface area contributed by atoms with Gasteiger partial charge in [-0.1, -0.05) is 30.7 Å². The number of hydrogen-bond acceptors (Lipinski definition) is 4. The number of halogens is 2. The number of aliphatic imine (C=N–C) groups is 1. The maximum atomic E-state index is 14.6. The van der Waals surface area contributed by atoms with Gasteiger partial charge in [0.05, 0.1) is 21.3 Å². The van der Waals surface area contributed by atoms with Crippen molar-refractivity contribution in [1.82, 2.24) is 0 Å². The molecule has 3 rings (SSSR count). The molecule has 2 aromatic carbocycles. The molecular formula is C20H19ClFN3O3. The van der Waals surface area contributed by atoms with Gasteiger partial charge in [0.1, 0.15) is 11.4 Å². The number of anilines is 1. The second-order valence-electron chi connectivity index (χ2n) is 7.04. The van der Waals surface area contributed by atoms with Crippen LogP contribution in [-0.4, -0.2) is 28.6 Å². The number of carbonyl (C=O) groups excluding carboxylic acids is 1. The SMILES string of the molecule is CCCN1C(=O)C(C)(C)N=C(c2ccccc2F)c2cc([N+](=O)[O-])cc(Cl)c21. The molecule has 0 bridgehead atoms. The first kappa shape index (κ1) is 19.9. The Morgan fingerprint density at radius 3 is 2.54 bits per heavy atom. The third kappa shape index (κ3) is 3.38. The van der Waals surface area contributed by atoms with Gasteiger partial charge in [0, 0.05) is 29.8 Å². The molecule has 0 unspecified atom stereocenters. The van der Waals surface area contributed by atoms with Crippen LogP contribution >= 0.6 is 11.6 Å². The average Bonchev–Trinajstić information content (AvgIpc) is 2.71. The Kier molecular flexibility index (Phi) is 5.21. The highest BCUT2D eigenvalue weighted by molar-refractivity contribution is 6.36. The molecule has 0 saturated heterocycles. The number of fused-ring (bicyclic) bond motifs is 1. The summed E-state index contributed by atoms with van der Waals surface area (Å²) in [6, 6.07) is 8.48. The lowest BCUT2D eigenvalue weighted by Crippen LogP contribution is -2.44. The van der Waals surface area contributed by atoms with Crippen molar-refractivity contribution in [1.29, 1.82) is 0 Å². The molecule has 146 valence electrons. The molecule has 0 aliphatic carbocycles. The number of rotatable bonds is 4. The van der Waals surface area contributed by atoms with Crippen molar-refractivity contribution in [2.75, 3.05) is 11.4 Å². The third-order valence-corrected chi connectivity index (χ3v) is 4.81. The lowest BCUT2D eigenvalue weighted by atomic mass is 9.98. The third-order valence-electron chi connectivity index (χ3n) is 4.52. The zero-order valence-electron chi connectivity index (χ0n) is 15.7. The summed E-state index contributed by atoms with van der Waals surface area (Å²) >= 11 is 6.40. The van der Waals surface area contributed by atoms with Crippen LogP contribution in [0.2, 0.25) is 5.02 Å². The van der Waals surface area contributed by atoms with Crippen LogP contribution < -0.4 is 4.90 Å². The van der Waals surface area contributed by atoms with Gasteiger partial charge in [0.2, 0.25) is 0 Å². The van der Waals surface area contributed by atoms with Crippen LogP contribution in [0.15, 0.2) is 41.4 Å². The van der Waals surface area contributed by atoms with E-state index in [9.17, 15) is 19.3 Å². The molecule has 28 heavy (non-hydrogen) atoms. The fraction of sp³-hybridized carbons (Fsp3) is 0.300. The predicted octanol–water partition coefficient (Wildman–Crippen LogP) is 4.76. The zero-order chi connectivity index (χ0) is 20.6. The summed E-state index contributed by atoms with van der Waals surface area (Å²) in [7, 11) is 0. The monoisotopic (exact) mass is 403 g/mol. The normalized spacial score (nSPS) is 15.7. The number of hydrogen-bond donors (Lipinski definition) is 0. The minimum Gasteiger partial charge on any atom is -0.308 e. The minimum absolute atomic E-state index is 0.0488. The maximum absolute atomic E-state index is 14.6. The Labute approximate surface area is 166 Å². The first-order valence-electron chi connectivity index (χ1n) is 8.82. The number of benzodiazepines with no additional fused rings is 1. The minimum atomic E-state index is -1.20. The molecule has 2 aromatic rings. The van der Waals surface area contributed by atoms with Crippen LogP contribution in [0.4, 0.5) is 15.8 Å². The standard InChI is InChI=1S/C20H19ClFN3O3/c1-4-9-24-18-14(10-12(25(27)28)11-15(18)21)17(23-20(2,3)19(24)26)13-7-5-6-8-16(13)22/h5-8,10-11H,4,9H2,1-3H3. The van der Waals surface area contributed by atoms with Crippen LogP contribution in [0.1, 0.15) is 38.3 Å². The largest absolute Gasteiger partial charge is 0.308 e. The van der Waals surface area contributed by atoms with Gasteiger partial charge in [-0.2, -0.15) is 0 Å². The van der Waals surface area contributed by atoms with E-state index in [1.807, 2.05) is 6.92 Å². The van der Waals surface area contributed by atoms with E-state index in [0.717, 1.165) is 0 Å². The Bertz CT molecular complexity index is 1000. The summed E-state index contributed by atoms with van der Waals surface area (Å²) in [4.78, 5) is 30.0. The molecule has 0 aromatic heterocycles. The van der Waals surface area contributed by atoms with Gasteiger partial charge in [-0.15, -0.1) is 0 Å². The molecule has 0 atom stereocenters. The molecule has 1 heterocycles. The van der Waals surface area contributed by atoms with E-state index in [4.69, 9.17) is 11.6 Å². The number of carbonyl (C=O) groups is 1. The van der Waals surface area contributed by atoms with Gasteiger partial charge >= 0.3 is 0 Å². The highest BCUT2D eigenvalue weighted by Gasteiger charge is 2.39. The summed E-state index contributed by atoms with van der Waals surface area (Å²) in [6.45, 7) is 5.52. The van der Waals surface area contributed by atoms with Crippen molar-refractivity contribution in [3.05, 3.63) is 68.5 Å². The smallest absolute Gasteiger partial charge is 0.271 e. The van der Waals surface area contributed by atoms with Crippen molar-refractivity contribution < 1.29 is 14.1 Å². The molecule has 1 aliphatic heterocycles. The highest BCUT2D eigenvalue weighted by Crippen LogP contribution is 2.40. The van der Waals surface area contributed by atoms with Crippen molar-refractivity contribution in [3.63, 3.8) is 0 Å². The number of amides is 1. The van der Waals surface area contributed by atoms with Gasteiger partial charge in [0.25, 0.3) is 11.6 Å². The van der Waals surface area contributed by atoms with Crippen LogP contribution in [0.5, 0.6) is 0 Å². The quantitative estimate of drug-likeness (QED) is 0.545. The Morgan fingerprint density at radius 1 is 1.25 bits per heavy atom. The molecule has 1 amide bonds. The van der Waals surface area contributed by atoms with Crippen molar-refractivity contribution in [2.45, 2.75) is 32.7 Å². The Morgan fingerprint density at radius 2 is 1.93 bits per heavy atom. The van der Waals surface area contributed by atoms with Crippen molar-refractivity contribution >= 4 is 34.6 Å². The Balaban J connectivity index is 2.42. The van der Waals surface area contributed by atoms with E-state index in [0.29, 0.717) is 18.7 Å². The van der Waals surface area contributed by atoms with Gasteiger partial charge in [0.15, 0.2) is 0 Å². The van der Waals surface area contributed by atoms with E-state index in [1.165, 1.54) is 35.2 Å². The number of nitro groups is 1. The fourth-order valence-corrected chi connectivity index (χ4v) is 3.58. The summed E-state index contributed by atoms with van der Waals surface area (Å²) in [5, 5.41) is 11.4. The van der Waals surface area contributed by atoms with Crippen LogP contribution in [0.25, 0.3) is 0 Å². The summed E-state index contributed by atoms with van der Waals surface area (Å²) in [5.41, 5.74) is -0.570. The van der Waals surface area contributed by atoms with Gasteiger partial charge in [-0.3, -0.25) is 19.9 Å². The topological polar surface area (TPSA) is 75.8 Å². The van der Waals surface area contributed by atoms with Crippen molar-refractivity contribution in [2.24, 2.45) is 4.99 Å². The molecule has 1 aliphatic rings. The van der Waals surface area contributed by atoms with Crippen LogP contribution in [-0.2, 0) is 4.79 Å². The second-order valence-corrected chi connectivity index (χ2v) is 7.44. The van der Waals surface area contributed by atoms with Crippen LogP contribution in [0, 0.1) is 15.9 Å². The van der Waals surface area contributed by atoms with E-state index >= 15 is 0 Å². The van der Waals surface area contributed by atoms with E-state index in [-0.39, 0.29) is 33.5 Å². The molecule has 0 N–H and O–H groups in total. The predicted molar refractivity (Wildman–Crippen MR) is 107 cm³/mol. The van der Waals surface area contributed by atoms with E-state index in [1.54, 1.807) is 19.9 Å². The lowest BCUT2D eigenvalue weighted by molar-refractivity contribution is -0.384. The lowest BCUT2D eigenvalue weighted by Gasteiger charge is -2.28. The first-order valence-corrected chi connectivity index (χ1v) is 9.20. The van der Waals surface area contributed by atoms with Crippen molar-refractivity contribution in [3.8, 4) is 0 Å². The number of non-ortho nitro benzene ring substituents is 1. The molecule has 6 nitrogen and oxygen atoms in total. The van der Waals surface area contributed by atoms with E-state index < -0.39 is 16.3 Å². The number of nitro benzene ring substituents is 1. The molecule has 8 heteroatoms. The van der Waals surface area contributed by atoms with Gasteiger partial charge in [-0.05, 0) is 32.4 Å². The van der Waals surface area contributed by atoms with Crippen LogP contribution in [0.3, 0.4) is 0 Å². The summed E-state index contributed by atoms with van der Waals surface area (Å²) in [5.74, 6) is -0.847. The molecule has 0 saturated carbocycles. The highest BCUT2D eigenvalue weighted by atomic mass is 35.5. The van der Waals surface area contributed by atoms with E-state index in [2.05, 4.69) is 4.99 Å². The molecule has 0 fully saturated rings.